The topological polar surface area (TPSA) is 228 Å². The molecule has 5 aromatic carbocycles. The molecule has 0 spiro atoms. The second kappa shape index (κ2) is 14.6. The van der Waals surface area contributed by atoms with Crippen molar-refractivity contribution in [1.29, 1.82) is 0 Å². The summed E-state index contributed by atoms with van der Waals surface area (Å²) in [7, 11) is 0. The van der Waals surface area contributed by atoms with Gasteiger partial charge in [-0.05, 0) is 99.2 Å². The molecule has 22 bridgehead atoms. The van der Waals surface area contributed by atoms with Crippen LogP contribution in [0.5, 0.6) is 0 Å². The molecule has 23 aliphatic rings. The standard InChI is InChI=1S/C56H40N6O12/c63-45-23-13-17-27-43-28-18-14-24(41(23)43)46(64)57(45)35-7-1-2-8-36(35)58-47(65)25-15-19-29-44-30(20-16-26(42(25)44)48(58)66)52(70)60(51(29)69)38-10-4-6-12-40(38)62-55(73)33-21-31-32(22-34(33)56(62)74)54(72)61(53(31)71)39-11-5-3-9-37(39)59(49(27)67)50(28)68/h13-22,35-40H,1-12H2/t35-,36?,37-,38-,39-,40-/m0/s1. The van der Waals surface area contributed by atoms with Crippen LogP contribution in [0.25, 0.3) is 43.1 Å². The smallest absolute Gasteiger partial charge is 0.261 e. The van der Waals surface area contributed by atoms with Gasteiger partial charge < -0.3 is 0 Å². The van der Waals surface area contributed by atoms with Gasteiger partial charge in [0, 0.05) is 66.1 Å². The first kappa shape index (κ1) is 43.1. The van der Waals surface area contributed by atoms with Gasteiger partial charge in [0.25, 0.3) is 69.5 Å². The Hall–Kier alpha value is -8.54. The quantitative estimate of drug-likeness (QED) is 0.177. The van der Waals surface area contributed by atoms with Gasteiger partial charge in [0.2, 0.25) is 0 Å². The molecule has 30 rings (SSSR count). The Balaban J connectivity index is 0.960. The number of carbonyl (C=O) groups excluding carboxylic acids is 8. The third-order valence-electron chi connectivity index (χ3n) is 17.9. The molecule has 18 nitrogen and oxygen atoms in total. The first-order valence-electron chi connectivity index (χ1n) is 25.4. The third-order valence-corrected chi connectivity index (χ3v) is 17.9. The van der Waals surface area contributed by atoms with Crippen molar-refractivity contribution in [3.63, 3.8) is 0 Å². The molecule has 20 aliphatic heterocycles. The minimum atomic E-state index is -1.00. The van der Waals surface area contributed by atoms with Crippen molar-refractivity contribution in [3.05, 3.63) is 147 Å². The van der Waals surface area contributed by atoms with E-state index in [0.717, 1.165) is 28.7 Å². The van der Waals surface area contributed by atoms with Crippen LogP contribution in [0.1, 0.15) is 172 Å². The fourth-order valence-corrected chi connectivity index (χ4v) is 14.7. The van der Waals surface area contributed by atoms with Crippen molar-refractivity contribution in [3.8, 4) is 0 Å². The zero-order chi connectivity index (χ0) is 50.7. The molecule has 3 aliphatic carbocycles. The lowest BCUT2D eigenvalue weighted by Crippen LogP contribution is -2.61. The normalized spacial score (nSPS) is 25.2. The Morgan fingerprint density at radius 3 is 0.635 bits per heavy atom. The van der Waals surface area contributed by atoms with E-state index < -0.39 is 106 Å². The maximum Gasteiger partial charge on any atom is 0.261 e. The first-order chi connectivity index (χ1) is 35.8. The fraction of sp³-hybridized carbons (Fsp3) is 0.321. The van der Waals surface area contributed by atoms with Gasteiger partial charge in [-0.2, -0.15) is 0 Å². The predicted octanol–water partition coefficient (Wildman–Crippen LogP) is 5.30. The number of hydrogen-bond donors (Lipinski definition) is 0. The molecule has 1 unspecified atom stereocenters. The Morgan fingerprint density at radius 1 is 0.257 bits per heavy atom. The van der Waals surface area contributed by atoms with E-state index in [1.165, 1.54) is 60.7 Å². The first-order valence-corrected chi connectivity index (χ1v) is 25.4. The van der Waals surface area contributed by atoms with Crippen LogP contribution in [-0.2, 0) is 0 Å². The number of aromatic nitrogens is 2. The molecule has 6 atom stereocenters. The van der Waals surface area contributed by atoms with Crippen LogP contribution in [0.15, 0.2) is 79.8 Å². The van der Waals surface area contributed by atoms with E-state index in [4.69, 9.17) is 0 Å². The summed E-state index contributed by atoms with van der Waals surface area (Å²) in [5, 5.41) is -0.0824. The molecule has 7 aromatic rings. The van der Waals surface area contributed by atoms with Crippen LogP contribution in [0.3, 0.4) is 0 Å². The van der Waals surface area contributed by atoms with Crippen LogP contribution in [-0.4, -0.2) is 100 Å². The maximum absolute atomic E-state index is 15.0. The average molecular weight is 989 g/mol. The summed E-state index contributed by atoms with van der Waals surface area (Å²) >= 11 is 0. The number of nitrogens with zero attached hydrogens (tertiary/aromatic N) is 6. The molecule has 18 heteroatoms. The molecule has 74 heavy (non-hydrogen) atoms. The van der Waals surface area contributed by atoms with Gasteiger partial charge in [-0.25, -0.2) is 0 Å². The summed E-state index contributed by atoms with van der Waals surface area (Å²) in [5.74, 6) is -5.87. The number of rotatable bonds is 0. The maximum atomic E-state index is 15.0. The van der Waals surface area contributed by atoms with Crippen LogP contribution in [0.4, 0.5) is 0 Å². The lowest BCUT2D eigenvalue weighted by molar-refractivity contribution is 0.0241. The number of imide groups is 4. The largest absolute Gasteiger partial charge is 0.269 e. The Bertz CT molecular complexity index is 3750. The van der Waals surface area contributed by atoms with Crippen molar-refractivity contribution in [2.45, 2.75) is 113 Å². The predicted molar refractivity (Wildman–Crippen MR) is 263 cm³/mol. The molecule has 0 N–H and O–H groups in total. The van der Waals surface area contributed by atoms with Gasteiger partial charge in [0.05, 0.1) is 57.8 Å². The molecular formula is C56H40N6O12. The van der Waals surface area contributed by atoms with Crippen molar-refractivity contribution in [2.75, 3.05) is 0 Å². The zero-order valence-corrected chi connectivity index (χ0v) is 39.3. The van der Waals surface area contributed by atoms with Crippen molar-refractivity contribution in [2.24, 2.45) is 0 Å². The molecule has 0 saturated heterocycles. The third kappa shape index (κ3) is 5.09. The molecule has 3 saturated carbocycles. The van der Waals surface area contributed by atoms with E-state index in [2.05, 4.69) is 0 Å². The van der Waals surface area contributed by atoms with Gasteiger partial charge in [-0.15, -0.1) is 0 Å². The molecule has 2 aromatic heterocycles. The average Bonchev–Trinajstić information content (AvgIpc) is 3.89. The summed E-state index contributed by atoms with van der Waals surface area (Å²) in [6.07, 6.45) is 4.70. The summed E-state index contributed by atoms with van der Waals surface area (Å²) in [6.45, 7) is 0. The highest BCUT2D eigenvalue weighted by Crippen LogP contribution is 2.46. The number of hydrogen-bond acceptors (Lipinski definition) is 12. The van der Waals surface area contributed by atoms with Crippen LogP contribution in [0.2, 0.25) is 0 Å². The van der Waals surface area contributed by atoms with E-state index in [1.54, 1.807) is 0 Å². The van der Waals surface area contributed by atoms with E-state index in [1.807, 2.05) is 0 Å². The van der Waals surface area contributed by atoms with Crippen molar-refractivity contribution >= 4 is 90.3 Å². The lowest BCUT2D eigenvalue weighted by atomic mass is 9.80. The van der Waals surface area contributed by atoms with Gasteiger partial charge in [-0.3, -0.25) is 86.3 Å². The van der Waals surface area contributed by atoms with E-state index >= 15 is 0 Å². The van der Waals surface area contributed by atoms with Gasteiger partial charge >= 0.3 is 0 Å². The fourth-order valence-electron chi connectivity index (χ4n) is 14.7. The molecule has 3 fully saturated rings. The van der Waals surface area contributed by atoms with Crippen LogP contribution < -0.4 is 22.2 Å². The van der Waals surface area contributed by atoms with E-state index in [-0.39, 0.29) is 126 Å². The lowest BCUT2D eigenvalue weighted by Gasteiger charge is -2.46. The SMILES string of the molecule is O=C1c2ccc3c4c5ccc(c24)C(=O)N1C1CCCC[C@@H]1N1C(=O)c2ccc4c6c(ccc(c26)C1=O)C(=O)N(C4=O)[C@H]1CCCC[C@@H]1n1c(=O)c2cc4c(=O)n(c(=O)c4cc2c1=O)[C@H]1CCCC[C@@H]1N(C3=O)C5=O. The van der Waals surface area contributed by atoms with Gasteiger partial charge in [0.1, 0.15) is 0 Å². The van der Waals surface area contributed by atoms with Gasteiger partial charge in [-0.1, -0.05) is 38.5 Å². The summed E-state index contributed by atoms with van der Waals surface area (Å²) in [5.41, 5.74) is -2.73. The van der Waals surface area contributed by atoms with E-state index in [9.17, 15) is 57.5 Å². The summed E-state index contributed by atoms with van der Waals surface area (Å²) in [4.78, 5) is 183. The molecule has 0 radical (unpaired) electrons. The van der Waals surface area contributed by atoms with Crippen LogP contribution in [0, 0.1) is 0 Å². The minimum Gasteiger partial charge on any atom is -0.269 e. The Labute approximate surface area is 416 Å². The summed E-state index contributed by atoms with van der Waals surface area (Å²) in [6, 6.07) is 7.97. The monoisotopic (exact) mass is 988 g/mol. The van der Waals surface area contributed by atoms with E-state index in [0.29, 0.717) is 38.5 Å². The highest BCUT2D eigenvalue weighted by atomic mass is 16.2. The van der Waals surface area contributed by atoms with Crippen molar-refractivity contribution in [1.82, 2.24) is 28.7 Å². The van der Waals surface area contributed by atoms with Gasteiger partial charge in [0.15, 0.2) is 0 Å². The highest BCUT2D eigenvalue weighted by Gasteiger charge is 2.52. The number of carbonyl (C=O) groups is 8. The molecule has 22 heterocycles. The second-order valence-electron chi connectivity index (χ2n) is 21.2. The minimum absolute atomic E-state index is 0.0396. The summed E-state index contributed by atoms with van der Waals surface area (Å²) < 4.78 is 2.06. The molecular weight excluding hydrogens is 949 g/mol. The Morgan fingerprint density at radius 2 is 0.432 bits per heavy atom. The number of amides is 8. The zero-order valence-electron chi connectivity index (χ0n) is 39.3. The van der Waals surface area contributed by atoms with Crippen LogP contribution >= 0.6 is 0 Å². The molecule has 8 amide bonds. The second-order valence-corrected chi connectivity index (χ2v) is 21.2. The Kier molecular flexibility index (Phi) is 8.48. The highest BCUT2D eigenvalue weighted by molar-refractivity contribution is 6.35. The molecule has 366 valence electrons. The van der Waals surface area contributed by atoms with Crippen molar-refractivity contribution < 1.29 is 38.4 Å². The number of benzene rings is 5.